The van der Waals surface area contributed by atoms with Crippen molar-refractivity contribution in [2.24, 2.45) is 0 Å². The van der Waals surface area contributed by atoms with Crippen molar-refractivity contribution < 1.29 is 156 Å². The van der Waals surface area contributed by atoms with Crippen molar-refractivity contribution in [1.82, 2.24) is 4.98 Å². The summed E-state index contributed by atoms with van der Waals surface area (Å²) in [6, 6.07) is 17.1. The standard InChI is InChI=1S/C18H16N6.4Ar/c19-11-6-15-17(8-13(11)21)24(10-4-2-1-3-5-10)18-9-14(22)12(20)7-16(18)23-15;;;;/h1-9H,(H7,19,20,21,22,23);;;;/p+1. The maximum atomic E-state index is 6.02. The molecule has 0 bridgehead atoms. The zero-order valence-corrected chi connectivity index (χ0v) is 17.1. The molecule has 0 aliphatic carbocycles. The Kier molecular flexibility index (Phi) is 13.2. The molecule has 28 heavy (non-hydrogen) atoms. The Morgan fingerprint density at radius 1 is 0.571 bits per heavy atom. The zero-order valence-electron chi connectivity index (χ0n) is 14.3. The van der Waals surface area contributed by atoms with Crippen molar-refractivity contribution >= 4 is 44.8 Å². The number of para-hydroxylation sites is 1. The fourth-order valence-corrected chi connectivity index (χ4v) is 2.87. The predicted octanol–water partition coefficient (Wildman–Crippen LogP) is 1.99. The number of nitrogens with zero attached hydrogens (tertiary/aromatic N) is 2. The van der Waals surface area contributed by atoms with E-state index in [0.717, 1.165) is 27.8 Å². The number of fused-ring (bicyclic) bond motifs is 2. The SMILES string of the molecule is Nc1cc2nc3cc(N)c(N)cc3[n+](-c3ccccc3)c2cc1N.[Ar].[Ar].[Ar].[Ar]. The number of nitrogens with two attached hydrogens (primary N) is 4. The van der Waals surface area contributed by atoms with Crippen LogP contribution in [0.3, 0.4) is 0 Å². The number of anilines is 4. The van der Waals surface area contributed by atoms with Crippen LogP contribution < -0.4 is 27.5 Å². The molecule has 0 radical (unpaired) electrons. The van der Waals surface area contributed by atoms with Crippen LogP contribution in [0.4, 0.5) is 22.7 Å². The Labute approximate surface area is 282 Å². The summed E-state index contributed by atoms with van der Waals surface area (Å²) in [5.41, 5.74) is 30.1. The Hall–Kier alpha value is 1.50. The minimum atomic E-state index is 0. The second kappa shape index (κ2) is 12.5. The van der Waals surface area contributed by atoms with Crippen LogP contribution >= 0.6 is 0 Å². The van der Waals surface area contributed by atoms with Crippen molar-refractivity contribution in [3.8, 4) is 5.69 Å². The summed E-state index contributed by atoms with van der Waals surface area (Å²) in [5.74, 6) is 0. The quantitative estimate of drug-likeness (QED) is 0.190. The maximum Gasteiger partial charge on any atom is 0.239 e. The minimum Gasteiger partial charge on any atom is -0.397 e. The first-order chi connectivity index (χ1) is 11.5. The van der Waals surface area contributed by atoms with Gasteiger partial charge < -0.3 is 22.9 Å². The number of aromatic nitrogens is 2. The van der Waals surface area contributed by atoms with Gasteiger partial charge >= 0.3 is 0 Å². The van der Waals surface area contributed by atoms with Crippen molar-refractivity contribution in [2.75, 3.05) is 22.9 Å². The van der Waals surface area contributed by atoms with Crippen molar-refractivity contribution in [1.29, 1.82) is 0 Å². The van der Waals surface area contributed by atoms with E-state index in [9.17, 15) is 0 Å². The van der Waals surface area contributed by atoms with E-state index in [4.69, 9.17) is 22.9 Å². The molecule has 0 saturated carbocycles. The van der Waals surface area contributed by atoms with Gasteiger partial charge in [0.1, 0.15) is 11.0 Å². The summed E-state index contributed by atoms with van der Waals surface area (Å²) >= 11 is 0. The first kappa shape index (κ1) is 29.5. The summed E-state index contributed by atoms with van der Waals surface area (Å²) in [6.45, 7) is 0. The monoisotopic (exact) mass is 477 g/mol. The molecule has 1 heterocycles. The van der Waals surface area contributed by atoms with Gasteiger partial charge in [0.15, 0.2) is 0 Å². The van der Waals surface area contributed by atoms with E-state index in [-0.39, 0.29) is 151 Å². The molecule has 1 aromatic heterocycles. The van der Waals surface area contributed by atoms with Crippen LogP contribution in [0.1, 0.15) is 0 Å². The van der Waals surface area contributed by atoms with Gasteiger partial charge in [0.2, 0.25) is 16.7 Å². The van der Waals surface area contributed by atoms with E-state index in [1.807, 2.05) is 42.5 Å². The second-order valence-electron chi connectivity index (χ2n) is 5.72. The molecule has 4 aromatic rings. The van der Waals surface area contributed by atoms with E-state index in [1.165, 1.54) is 0 Å². The average molecular weight is 477 g/mol. The molecule has 8 N–H and O–H groups in total. The first-order valence-corrected chi connectivity index (χ1v) is 7.49. The van der Waals surface area contributed by atoms with Crippen LogP contribution in [0.25, 0.3) is 27.8 Å². The molecule has 0 fully saturated rings. The third kappa shape index (κ3) is 5.84. The van der Waals surface area contributed by atoms with Gasteiger partial charge in [-0.05, 0) is 12.1 Å². The van der Waals surface area contributed by atoms with Crippen LogP contribution in [-0.4, -0.2) is 4.98 Å². The molecule has 3 aromatic carbocycles. The largest absolute Gasteiger partial charge is 0.397 e. The van der Waals surface area contributed by atoms with Crippen LogP contribution in [0.5, 0.6) is 0 Å². The van der Waals surface area contributed by atoms with E-state index < -0.39 is 0 Å². The van der Waals surface area contributed by atoms with Gasteiger partial charge in [-0.25, -0.2) is 4.98 Å². The molecule has 4 rings (SSSR count). The van der Waals surface area contributed by atoms with Gasteiger partial charge in [-0.2, -0.15) is 0 Å². The fourth-order valence-electron chi connectivity index (χ4n) is 2.87. The van der Waals surface area contributed by atoms with Crippen LogP contribution in [0.15, 0.2) is 54.6 Å². The third-order valence-electron chi connectivity index (χ3n) is 4.10. The number of hydrogen-bond acceptors (Lipinski definition) is 5. The molecule has 0 saturated heterocycles. The van der Waals surface area contributed by atoms with Crippen molar-refractivity contribution in [2.45, 2.75) is 0 Å². The Morgan fingerprint density at radius 3 is 1.39 bits per heavy atom. The molecule has 0 aliphatic rings. The topological polar surface area (TPSA) is 121 Å². The normalized spacial score (nSPS) is 9.57. The van der Waals surface area contributed by atoms with Crippen molar-refractivity contribution in [3.63, 3.8) is 0 Å². The molecular weight excluding hydrogens is 460 g/mol. The number of hydrogen-bond donors (Lipinski definition) is 4. The molecule has 0 amide bonds. The predicted molar refractivity (Wildman–Crippen MR) is 98.4 cm³/mol. The van der Waals surface area contributed by atoms with Gasteiger partial charge in [0.05, 0.1) is 22.7 Å². The summed E-state index contributed by atoms with van der Waals surface area (Å²) in [7, 11) is 0. The van der Waals surface area contributed by atoms with E-state index in [2.05, 4.69) is 9.55 Å². The molecule has 0 atom stereocenters. The Bertz CT molecular complexity index is 1040. The van der Waals surface area contributed by atoms with Crippen LogP contribution in [0, 0.1) is 151 Å². The van der Waals surface area contributed by atoms with E-state index in [1.54, 1.807) is 12.1 Å². The zero-order chi connectivity index (χ0) is 16.8. The number of benzene rings is 3. The van der Waals surface area contributed by atoms with Crippen molar-refractivity contribution in [3.05, 3.63) is 54.6 Å². The molecule has 0 unspecified atom stereocenters. The van der Waals surface area contributed by atoms with Gasteiger partial charge in [0.25, 0.3) is 0 Å². The molecule has 6 nitrogen and oxygen atoms in total. The molecule has 150 valence electrons. The number of rotatable bonds is 1. The summed E-state index contributed by atoms with van der Waals surface area (Å²) in [4.78, 5) is 4.68. The van der Waals surface area contributed by atoms with Gasteiger partial charge in [-0.15, -0.1) is 4.57 Å². The number of nitrogen functional groups attached to an aromatic ring is 4. The molecule has 0 aliphatic heterocycles. The maximum absolute atomic E-state index is 6.02. The van der Waals surface area contributed by atoms with Gasteiger partial charge in [0, 0.05) is 175 Å². The smallest absolute Gasteiger partial charge is 0.239 e. The molecular formula is C18H17Ar4N6+. The van der Waals surface area contributed by atoms with Crippen LogP contribution in [0.2, 0.25) is 0 Å². The summed E-state index contributed by atoms with van der Waals surface area (Å²) < 4.78 is 2.06. The van der Waals surface area contributed by atoms with Gasteiger partial charge in [-0.3, -0.25) is 0 Å². The second-order valence-corrected chi connectivity index (χ2v) is 5.72. The minimum absolute atomic E-state index is 0. The molecule has 0 spiro atoms. The first-order valence-electron chi connectivity index (χ1n) is 7.49. The van der Waals surface area contributed by atoms with E-state index >= 15 is 0 Å². The van der Waals surface area contributed by atoms with Crippen LogP contribution in [-0.2, 0) is 0 Å². The van der Waals surface area contributed by atoms with Gasteiger partial charge in [-0.1, -0.05) is 18.2 Å². The summed E-state index contributed by atoms with van der Waals surface area (Å²) in [5, 5.41) is 0. The summed E-state index contributed by atoms with van der Waals surface area (Å²) in [6.07, 6.45) is 0. The average Bonchev–Trinajstić information content (AvgIpc) is 2.57. The Balaban J connectivity index is 0.00000182. The third-order valence-corrected chi connectivity index (χ3v) is 4.10. The van der Waals surface area contributed by atoms with E-state index in [0.29, 0.717) is 22.7 Å². The molecule has 10 heteroatoms. The Morgan fingerprint density at radius 2 is 0.964 bits per heavy atom. The fraction of sp³-hybridized carbons (Fsp3) is 0.